The lowest BCUT2D eigenvalue weighted by Crippen LogP contribution is -2.61. The number of carbonyl (C=O) groups excluding carboxylic acids is 10. The summed E-state index contributed by atoms with van der Waals surface area (Å²) in [6.45, 7) is 3.16. The molecule has 0 spiro atoms. The lowest BCUT2D eigenvalue weighted by molar-refractivity contribution is -0.144. The molecule has 1 aromatic rings. The fourth-order valence-corrected chi connectivity index (χ4v) is 8.58. The Morgan fingerprint density at radius 3 is 1.08 bits per heavy atom. The summed E-state index contributed by atoms with van der Waals surface area (Å²) < 4.78 is 0. The van der Waals surface area contributed by atoms with Gasteiger partial charge in [0, 0.05) is 45.2 Å². The highest BCUT2D eigenvalue weighted by molar-refractivity contribution is 6.00. The zero-order valence-electron chi connectivity index (χ0n) is 51.9. The van der Waals surface area contributed by atoms with Gasteiger partial charge in [-0.25, -0.2) is 4.79 Å². The molecule has 10 atom stereocenters. The largest absolute Gasteiger partial charge is 0.508 e. The van der Waals surface area contributed by atoms with Crippen molar-refractivity contribution in [2.75, 3.05) is 13.1 Å². The molecule has 0 fully saturated rings. The number of benzene rings is 1. The standard InChI is InChI=1S/C55H85N17O23/c1-25(2)21-34(69-48(89)32(13-17-40(77)78)66-46(87)31(12-16-39(75)76)65-45(86)29(6-4-20-63-55(60)61)64-44(85)28(56)5-3-19-62-54(58)59)49(90)67-30(11-15-38(57)74)47(88)71-36(23-42(81)82)52(93)72-37(24-43(83)84)51(92)70-35(22-26-7-9-27(73)10-8-26)50(91)68-33(53(94)95)14-18-41(79)80/h7-10,25,28-37,73H,3-6,11-24,56H2,1-2H3,(H2,57,74)(H,64,85)(H,65,86)(H,66,87)(H,67,90)(H,68,91)(H,69,89)(H,70,92)(H,71,88)(H,72,93)(H,75,76)(H,77,78)(H,79,80)(H,81,82)(H,83,84)(H,94,95)(H4,58,59,62)(H4,60,61,63)/t28-,29-,30-,31-,32-,33-,34-,35-,36-,37-/m0/s1. The molecule has 528 valence electrons. The molecule has 0 aliphatic heterocycles. The van der Waals surface area contributed by atoms with Crippen LogP contribution in [0.25, 0.3) is 0 Å². The van der Waals surface area contributed by atoms with E-state index < -0.39 is 232 Å². The van der Waals surface area contributed by atoms with Gasteiger partial charge in [0.2, 0.25) is 59.1 Å². The maximum Gasteiger partial charge on any atom is 0.326 e. The summed E-state index contributed by atoms with van der Waals surface area (Å²) in [7, 11) is 0. The zero-order valence-corrected chi connectivity index (χ0v) is 51.9. The molecule has 0 aliphatic carbocycles. The molecule has 1 aromatic carbocycles. The Kier molecular flexibility index (Phi) is 36.5. The number of nitrogens with zero attached hydrogens (tertiary/aromatic N) is 2. The summed E-state index contributed by atoms with van der Waals surface area (Å²) in [6, 6.07) is -13.4. The number of primary amides is 1. The Labute approximate surface area is 541 Å². The number of phenolic OH excluding ortho intramolecular Hbond substituents is 1. The Morgan fingerprint density at radius 1 is 0.389 bits per heavy atom. The van der Waals surface area contributed by atoms with Crippen molar-refractivity contribution >= 4 is 107 Å². The molecule has 0 saturated carbocycles. The summed E-state index contributed by atoms with van der Waals surface area (Å²) in [4.78, 5) is 216. The Bertz CT molecular complexity index is 2960. The van der Waals surface area contributed by atoms with E-state index in [9.17, 15) is 107 Å². The van der Waals surface area contributed by atoms with Crippen LogP contribution in [0, 0.1) is 5.92 Å². The molecule has 0 heterocycles. The molecule has 0 bridgehead atoms. The van der Waals surface area contributed by atoms with Crippen LogP contribution < -0.4 is 82.3 Å². The minimum Gasteiger partial charge on any atom is -0.508 e. The number of carboxylic acids is 6. The summed E-state index contributed by atoms with van der Waals surface area (Å²) in [5, 5.41) is 87.3. The van der Waals surface area contributed by atoms with Crippen molar-refractivity contribution in [2.45, 2.75) is 177 Å². The van der Waals surface area contributed by atoms with Gasteiger partial charge in [0.25, 0.3) is 0 Å². The van der Waals surface area contributed by atoms with Crippen LogP contribution in [-0.2, 0) is 83.1 Å². The van der Waals surface area contributed by atoms with Crippen molar-refractivity contribution in [1.82, 2.24) is 47.9 Å². The van der Waals surface area contributed by atoms with Crippen molar-refractivity contribution in [1.29, 1.82) is 0 Å². The molecule has 40 nitrogen and oxygen atoms in total. The molecule has 1 rings (SSSR count). The second kappa shape index (κ2) is 42.2. The van der Waals surface area contributed by atoms with Crippen LogP contribution in [-0.4, -0.2) is 216 Å². The number of aliphatic carboxylic acids is 6. The van der Waals surface area contributed by atoms with Gasteiger partial charge in [-0.2, -0.15) is 0 Å². The molecule has 40 heteroatoms. The van der Waals surface area contributed by atoms with Crippen LogP contribution in [0.15, 0.2) is 34.3 Å². The molecule has 10 amide bonds. The Hall–Kier alpha value is -11.0. The number of aromatic hydroxyl groups is 1. The topological polar surface area (TPSA) is 704 Å². The molecule has 0 aliphatic rings. The van der Waals surface area contributed by atoms with E-state index in [1.54, 1.807) is 13.8 Å². The van der Waals surface area contributed by atoms with Crippen molar-refractivity contribution in [3.8, 4) is 5.75 Å². The molecule has 0 radical (unpaired) electrons. The van der Waals surface area contributed by atoms with Crippen LogP contribution in [0.4, 0.5) is 0 Å². The van der Waals surface area contributed by atoms with Crippen LogP contribution >= 0.6 is 0 Å². The minimum atomic E-state index is -2.27. The van der Waals surface area contributed by atoms with E-state index in [4.69, 9.17) is 39.5 Å². The fraction of sp³-hybridized carbons (Fsp3) is 0.564. The summed E-state index contributed by atoms with van der Waals surface area (Å²) in [5.41, 5.74) is 33.1. The zero-order chi connectivity index (χ0) is 72.2. The van der Waals surface area contributed by atoms with Gasteiger partial charge in [-0.3, -0.25) is 81.9 Å². The molecule has 0 saturated heterocycles. The first-order valence-corrected chi connectivity index (χ1v) is 29.4. The number of amides is 10. The number of hydrogen-bond acceptors (Lipinski definition) is 20. The lowest BCUT2D eigenvalue weighted by atomic mass is 10.0. The highest BCUT2D eigenvalue weighted by Crippen LogP contribution is 2.15. The number of rotatable bonds is 47. The third-order valence-electron chi connectivity index (χ3n) is 13.4. The summed E-state index contributed by atoms with van der Waals surface area (Å²) in [5.74, 6) is -23.5. The first-order chi connectivity index (χ1) is 44.4. The molecule has 0 unspecified atom stereocenters. The third-order valence-corrected chi connectivity index (χ3v) is 13.4. The third kappa shape index (κ3) is 34.9. The van der Waals surface area contributed by atoms with Crippen LogP contribution in [0.5, 0.6) is 5.75 Å². The molecular formula is C55H85N17O23. The van der Waals surface area contributed by atoms with Crippen molar-refractivity contribution in [3.63, 3.8) is 0 Å². The molecular weight excluding hydrogens is 1270 g/mol. The monoisotopic (exact) mass is 1350 g/mol. The van der Waals surface area contributed by atoms with Gasteiger partial charge in [0.05, 0.1) is 18.9 Å². The van der Waals surface area contributed by atoms with Gasteiger partial charge < -0.3 is 118 Å². The second-order valence-electron chi connectivity index (χ2n) is 21.9. The number of nitrogens with two attached hydrogens (primary N) is 6. The molecule has 95 heavy (non-hydrogen) atoms. The van der Waals surface area contributed by atoms with Crippen LogP contribution in [0.1, 0.15) is 116 Å². The first kappa shape index (κ1) is 82.1. The fourth-order valence-electron chi connectivity index (χ4n) is 8.58. The van der Waals surface area contributed by atoms with Crippen molar-refractivity contribution in [2.24, 2.45) is 50.3 Å². The summed E-state index contributed by atoms with van der Waals surface area (Å²) >= 11 is 0. The minimum absolute atomic E-state index is 0.0311. The van der Waals surface area contributed by atoms with Gasteiger partial charge in [0.15, 0.2) is 11.9 Å². The van der Waals surface area contributed by atoms with Gasteiger partial charge in [-0.05, 0) is 81.4 Å². The van der Waals surface area contributed by atoms with Crippen LogP contribution in [0.3, 0.4) is 0 Å². The predicted octanol–water partition coefficient (Wildman–Crippen LogP) is -7.33. The van der Waals surface area contributed by atoms with Gasteiger partial charge >= 0.3 is 35.8 Å². The maximum absolute atomic E-state index is 14.3. The van der Waals surface area contributed by atoms with E-state index in [1.807, 2.05) is 10.6 Å². The molecule has 28 N–H and O–H groups in total. The van der Waals surface area contributed by atoms with Gasteiger partial charge in [0.1, 0.15) is 60.1 Å². The highest BCUT2D eigenvalue weighted by Gasteiger charge is 2.37. The van der Waals surface area contributed by atoms with Crippen molar-refractivity contribution < 1.29 is 112 Å². The average Bonchev–Trinajstić information content (AvgIpc) is 0.965. The number of carboxylic acid groups (broad SMARTS) is 6. The van der Waals surface area contributed by atoms with E-state index in [2.05, 4.69) is 47.2 Å². The first-order valence-electron chi connectivity index (χ1n) is 29.4. The SMILES string of the molecule is CC(C)C[C@H](NC(=O)[C@H](CCC(=O)O)NC(=O)[C@H](CCC(=O)O)NC(=O)[C@H](CCCN=C(N)N)NC(=O)[C@@H](N)CCCN=C(N)N)C(=O)N[C@@H](CCC(N)=O)C(=O)N[C@@H](CC(=O)O)C(=O)N[C@@H](CC(=O)O)C(=O)N[C@@H](Cc1ccc(O)cc1)C(=O)N[C@@H](CCC(=O)O)C(=O)O. The van der Waals surface area contributed by atoms with E-state index in [0.717, 1.165) is 0 Å². The van der Waals surface area contributed by atoms with E-state index >= 15 is 0 Å². The smallest absolute Gasteiger partial charge is 0.326 e. The maximum atomic E-state index is 14.3. The van der Waals surface area contributed by atoms with Crippen molar-refractivity contribution in [3.05, 3.63) is 29.8 Å². The number of nitrogens with one attached hydrogen (secondary N) is 9. The Morgan fingerprint density at radius 2 is 0.705 bits per heavy atom. The second-order valence-corrected chi connectivity index (χ2v) is 21.9. The number of aliphatic imine (C=N–C) groups is 2. The molecule has 0 aromatic heterocycles. The number of hydrogen-bond donors (Lipinski definition) is 22. The quantitative estimate of drug-likeness (QED) is 0.0164. The lowest BCUT2D eigenvalue weighted by Gasteiger charge is -2.28. The predicted molar refractivity (Wildman–Crippen MR) is 328 cm³/mol. The van der Waals surface area contributed by atoms with E-state index in [1.165, 1.54) is 24.3 Å². The number of phenols is 1. The van der Waals surface area contributed by atoms with E-state index in [0.29, 0.717) is 0 Å². The highest BCUT2D eigenvalue weighted by atomic mass is 16.4. The number of guanidine groups is 2. The van der Waals surface area contributed by atoms with E-state index in [-0.39, 0.29) is 68.4 Å². The average molecular weight is 1350 g/mol. The van der Waals surface area contributed by atoms with Gasteiger partial charge in [-0.1, -0.05) is 26.0 Å². The normalized spacial score (nSPS) is 14.0. The van der Waals surface area contributed by atoms with Gasteiger partial charge in [-0.15, -0.1) is 0 Å². The van der Waals surface area contributed by atoms with Crippen LogP contribution in [0.2, 0.25) is 0 Å². The Balaban J connectivity index is 3.69. The number of carbonyl (C=O) groups is 16. The summed E-state index contributed by atoms with van der Waals surface area (Å²) in [6.07, 6.45) is -9.14.